The first-order chi connectivity index (χ1) is 7.11. The second-order valence-corrected chi connectivity index (χ2v) is 5.12. The van der Waals surface area contributed by atoms with Crippen LogP contribution in [0.25, 0.3) is 0 Å². The third-order valence-electron chi connectivity index (χ3n) is 2.98. The number of Topliss-reactive ketones (excluding diaryl/α,β-unsaturated/α-hetero) is 1. The van der Waals surface area contributed by atoms with Crippen molar-refractivity contribution in [1.82, 2.24) is 0 Å². The molecule has 1 aliphatic rings. The number of carbonyl (C=O) groups is 1. The van der Waals surface area contributed by atoms with Crippen LogP contribution in [0, 0.1) is 0 Å². The molecule has 1 saturated carbocycles. The molecular formula is C11H14BrNO2. The Morgan fingerprint density at radius 1 is 1.53 bits per heavy atom. The summed E-state index contributed by atoms with van der Waals surface area (Å²) in [7, 11) is 0. The molecule has 15 heavy (non-hydrogen) atoms. The van der Waals surface area contributed by atoms with Crippen LogP contribution in [-0.2, 0) is 0 Å². The van der Waals surface area contributed by atoms with Gasteiger partial charge in [-0.3, -0.25) is 4.79 Å². The van der Waals surface area contributed by atoms with Crippen LogP contribution in [0.5, 0.6) is 0 Å². The van der Waals surface area contributed by atoms with Crippen molar-refractivity contribution in [3.8, 4) is 0 Å². The van der Waals surface area contributed by atoms with E-state index in [2.05, 4.69) is 15.9 Å². The Kier molecular flexibility index (Phi) is 2.98. The summed E-state index contributed by atoms with van der Waals surface area (Å²) >= 11 is 3.28. The average Bonchev–Trinajstić information content (AvgIpc) is 2.74. The van der Waals surface area contributed by atoms with E-state index in [-0.39, 0.29) is 11.3 Å². The van der Waals surface area contributed by atoms with E-state index < -0.39 is 0 Å². The third kappa shape index (κ3) is 2.32. The number of rotatable bonds is 3. The lowest BCUT2D eigenvalue weighted by Crippen LogP contribution is -2.38. The van der Waals surface area contributed by atoms with E-state index in [1.165, 1.54) is 6.26 Å². The molecule has 0 atom stereocenters. The summed E-state index contributed by atoms with van der Waals surface area (Å²) in [6, 6.07) is 1.73. The zero-order chi connectivity index (χ0) is 10.9. The van der Waals surface area contributed by atoms with Gasteiger partial charge in [-0.05, 0) is 34.8 Å². The smallest absolute Gasteiger partial charge is 0.200 e. The maximum atomic E-state index is 11.9. The standard InChI is InChI=1S/C11H14BrNO2/c12-8-3-6-15-10(8)9(14)7-11(13)4-1-2-5-11/h3,6H,1-2,4-5,7,13H2. The molecule has 3 nitrogen and oxygen atoms in total. The van der Waals surface area contributed by atoms with Crippen LogP contribution in [0.4, 0.5) is 0 Å². The zero-order valence-corrected chi connectivity index (χ0v) is 10.0. The van der Waals surface area contributed by atoms with E-state index >= 15 is 0 Å². The largest absolute Gasteiger partial charge is 0.460 e. The van der Waals surface area contributed by atoms with Gasteiger partial charge < -0.3 is 10.2 Å². The van der Waals surface area contributed by atoms with Gasteiger partial charge in [0.05, 0.1) is 10.7 Å². The van der Waals surface area contributed by atoms with Crippen LogP contribution < -0.4 is 5.73 Å². The minimum atomic E-state index is -0.302. The Hall–Kier alpha value is -0.610. The van der Waals surface area contributed by atoms with Gasteiger partial charge in [0, 0.05) is 12.0 Å². The monoisotopic (exact) mass is 271 g/mol. The first-order valence-electron chi connectivity index (χ1n) is 5.16. The first kappa shape index (κ1) is 10.9. The minimum absolute atomic E-state index is 0.00345. The highest BCUT2D eigenvalue weighted by Crippen LogP contribution is 2.32. The zero-order valence-electron chi connectivity index (χ0n) is 8.46. The third-order valence-corrected chi connectivity index (χ3v) is 3.61. The van der Waals surface area contributed by atoms with Gasteiger partial charge in [-0.2, -0.15) is 0 Å². The molecule has 2 N–H and O–H groups in total. The van der Waals surface area contributed by atoms with Crippen molar-refractivity contribution in [1.29, 1.82) is 0 Å². The molecule has 0 aliphatic heterocycles. The van der Waals surface area contributed by atoms with E-state index in [0.717, 1.165) is 25.7 Å². The van der Waals surface area contributed by atoms with Crippen molar-refractivity contribution in [2.75, 3.05) is 0 Å². The summed E-state index contributed by atoms with van der Waals surface area (Å²) in [5.41, 5.74) is 5.84. The second kappa shape index (κ2) is 4.10. The summed E-state index contributed by atoms with van der Waals surface area (Å²) in [5, 5.41) is 0. The van der Waals surface area contributed by atoms with Crippen LogP contribution in [0.3, 0.4) is 0 Å². The molecule has 1 aromatic rings. The number of furan rings is 1. The molecule has 0 bridgehead atoms. The Labute approximate surface area is 97.1 Å². The summed E-state index contributed by atoms with van der Waals surface area (Å²) in [6.07, 6.45) is 6.04. The first-order valence-corrected chi connectivity index (χ1v) is 5.95. The Morgan fingerprint density at radius 3 is 2.73 bits per heavy atom. The lowest BCUT2D eigenvalue weighted by Gasteiger charge is -2.21. The molecule has 1 aliphatic carbocycles. The molecule has 0 radical (unpaired) electrons. The van der Waals surface area contributed by atoms with Crippen molar-refractivity contribution in [2.24, 2.45) is 5.73 Å². The predicted octanol–water partition coefficient (Wildman–Crippen LogP) is 2.89. The quantitative estimate of drug-likeness (QED) is 0.861. The number of hydrogen-bond donors (Lipinski definition) is 1. The van der Waals surface area contributed by atoms with Gasteiger partial charge in [0.15, 0.2) is 5.76 Å². The highest BCUT2D eigenvalue weighted by atomic mass is 79.9. The van der Waals surface area contributed by atoms with Crippen molar-refractivity contribution >= 4 is 21.7 Å². The average molecular weight is 272 g/mol. The highest BCUT2D eigenvalue weighted by Gasteiger charge is 2.33. The molecule has 0 amide bonds. The fraction of sp³-hybridized carbons (Fsp3) is 0.545. The maximum absolute atomic E-state index is 11.9. The molecule has 82 valence electrons. The van der Waals surface area contributed by atoms with Gasteiger partial charge in [-0.15, -0.1) is 0 Å². The van der Waals surface area contributed by atoms with Gasteiger partial charge in [0.2, 0.25) is 5.78 Å². The number of ketones is 1. The molecular weight excluding hydrogens is 258 g/mol. The molecule has 0 unspecified atom stereocenters. The summed E-state index contributed by atoms with van der Waals surface area (Å²) in [4.78, 5) is 11.9. The SMILES string of the molecule is NC1(CC(=O)c2occc2Br)CCCC1. The molecule has 0 saturated heterocycles. The van der Waals surface area contributed by atoms with Gasteiger partial charge >= 0.3 is 0 Å². The lowest BCUT2D eigenvalue weighted by atomic mass is 9.92. The molecule has 4 heteroatoms. The van der Waals surface area contributed by atoms with Gasteiger partial charge in [-0.25, -0.2) is 0 Å². The fourth-order valence-electron chi connectivity index (χ4n) is 2.15. The van der Waals surface area contributed by atoms with E-state index in [1.807, 2.05) is 0 Å². The van der Waals surface area contributed by atoms with Gasteiger partial charge in [-0.1, -0.05) is 12.8 Å². The predicted molar refractivity (Wildman–Crippen MR) is 60.7 cm³/mol. The van der Waals surface area contributed by atoms with E-state index in [9.17, 15) is 4.79 Å². The Bertz CT molecular complexity index is 366. The van der Waals surface area contributed by atoms with E-state index in [1.54, 1.807) is 6.07 Å². The fourth-order valence-corrected chi connectivity index (χ4v) is 2.57. The van der Waals surface area contributed by atoms with Crippen LogP contribution >= 0.6 is 15.9 Å². The van der Waals surface area contributed by atoms with Crippen molar-refractivity contribution in [2.45, 2.75) is 37.6 Å². The number of nitrogens with two attached hydrogens (primary N) is 1. The Balaban J connectivity index is 2.07. The van der Waals surface area contributed by atoms with Crippen LogP contribution in [0.15, 0.2) is 21.2 Å². The van der Waals surface area contributed by atoms with Crippen molar-refractivity contribution < 1.29 is 9.21 Å². The van der Waals surface area contributed by atoms with E-state index in [4.69, 9.17) is 10.2 Å². The number of halogens is 1. The highest BCUT2D eigenvalue weighted by molar-refractivity contribution is 9.10. The van der Waals surface area contributed by atoms with Crippen LogP contribution in [-0.4, -0.2) is 11.3 Å². The Morgan fingerprint density at radius 2 is 2.20 bits per heavy atom. The number of hydrogen-bond acceptors (Lipinski definition) is 3. The molecule has 1 aromatic heterocycles. The van der Waals surface area contributed by atoms with Gasteiger partial charge in [0.1, 0.15) is 0 Å². The maximum Gasteiger partial charge on any atom is 0.200 e. The molecule has 2 rings (SSSR count). The summed E-state index contributed by atoms with van der Waals surface area (Å²) < 4.78 is 5.85. The van der Waals surface area contributed by atoms with Crippen LogP contribution in [0.2, 0.25) is 0 Å². The van der Waals surface area contributed by atoms with Gasteiger partial charge in [0.25, 0.3) is 0 Å². The molecule has 0 aromatic carbocycles. The van der Waals surface area contributed by atoms with Crippen molar-refractivity contribution in [3.63, 3.8) is 0 Å². The second-order valence-electron chi connectivity index (χ2n) is 4.27. The normalized spacial score (nSPS) is 19.3. The summed E-state index contributed by atoms with van der Waals surface area (Å²) in [6.45, 7) is 0. The van der Waals surface area contributed by atoms with E-state index in [0.29, 0.717) is 16.7 Å². The molecule has 1 fully saturated rings. The topological polar surface area (TPSA) is 56.2 Å². The van der Waals surface area contributed by atoms with Crippen molar-refractivity contribution in [3.05, 3.63) is 22.6 Å². The molecule has 1 heterocycles. The lowest BCUT2D eigenvalue weighted by molar-refractivity contribution is 0.0924. The van der Waals surface area contributed by atoms with Crippen LogP contribution in [0.1, 0.15) is 42.7 Å². The number of carbonyl (C=O) groups excluding carboxylic acids is 1. The summed E-state index contributed by atoms with van der Waals surface area (Å²) in [5.74, 6) is 0.392. The minimum Gasteiger partial charge on any atom is -0.460 e. The molecule has 0 spiro atoms.